The molecule has 0 heterocycles. The van der Waals surface area contributed by atoms with Crippen molar-refractivity contribution < 1.29 is 9.53 Å². The second-order valence-electron chi connectivity index (χ2n) is 6.27. The number of hydrogen-bond acceptors (Lipinski definition) is 3. The van der Waals surface area contributed by atoms with E-state index in [4.69, 9.17) is 4.74 Å². The molecule has 132 valence electrons. The summed E-state index contributed by atoms with van der Waals surface area (Å²) in [5.41, 5.74) is 0. The number of carbonyl (C=O) groups is 1. The highest BCUT2D eigenvalue weighted by molar-refractivity contribution is 5.75. The quantitative estimate of drug-likeness (QED) is 0.313. The summed E-state index contributed by atoms with van der Waals surface area (Å²) in [7, 11) is 1.84. The lowest BCUT2D eigenvalue weighted by Crippen LogP contribution is -2.35. The minimum Gasteiger partial charge on any atom is -0.465 e. The van der Waals surface area contributed by atoms with Crippen molar-refractivity contribution in [2.45, 2.75) is 103 Å². The maximum absolute atomic E-state index is 11.6. The van der Waals surface area contributed by atoms with Crippen molar-refractivity contribution in [1.29, 1.82) is 0 Å². The third-order valence-corrected chi connectivity index (χ3v) is 4.27. The zero-order chi connectivity index (χ0) is 16.5. The van der Waals surface area contributed by atoms with Crippen molar-refractivity contribution in [3.63, 3.8) is 0 Å². The van der Waals surface area contributed by atoms with E-state index in [0.29, 0.717) is 6.61 Å². The van der Waals surface area contributed by atoms with Gasteiger partial charge in [0, 0.05) is 0 Å². The molecule has 1 N–H and O–H groups in total. The lowest BCUT2D eigenvalue weighted by molar-refractivity contribution is -0.145. The summed E-state index contributed by atoms with van der Waals surface area (Å²) in [5, 5.41) is 3.05. The number of esters is 1. The van der Waals surface area contributed by atoms with Crippen LogP contribution in [0.3, 0.4) is 0 Å². The molecule has 3 nitrogen and oxygen atoms in total. The van der Waals surface area contributed by atoms with Gasteiger partial charge in [-0.1, -0.05) is 84.0 Å². The average molecular weight is 314 g/mol. The van der Waals surface area contributed by atoms with Gasteiger partial charge in [0.1, 0.15) is 6.04 Å². The van der Waals surface area contributed by atoms with Crippen molar-refractivity contribution in [2.75, 3.05) is 13.7 Å². The fourth-order valence-electron chi connectivity index (χ4n) is 2.81. The molecule has 0 aromatic heterocycles. The Kier molecular flexibility index (Phi) is 16.4. The first-order chi connectivity index (χ1) is 10.8. The van der Waals surface area contributed by atoms with E-state index in [9.17, 15) is 4.79 Å². The minimum absolute atomic E-state index is 0.104. The third kappa shape index (κ3) is 13.1. The Balaban J connectivity index is 3.30. The van der Waals surface area contributed by atoms with Crippen LogP contribution < -0.4 is 5.32 Å². The van der Waals surface area contributed by atoms with Crippen molar-refractivity contribution in [3.05, 3.63) is 0 Å². The van der Waals surface area contributed by atoms with Crippen LogP contribution in [0.1, 0.15) is 97.3 Å². The molecule has 0 aliphatic carbocycles. The van der Waals surface area contributed by atoms with Crippen molar-refractivity contribution in [3.8, 4) is 0 Å². The predicted octanol–water partition coefficient (Wildman–Crippen LogP) is 5.23. The summed E-state index contributed by atoms with van der Waals surface area (Å²) >= 11 is 0. The summed E-state index contributed by atoms with van der Waals surface area (Å²) in [6, 6.07) is -0.122. The van der Waals surface area contributed by atoms with Gasteiger partial charge >= 0.3 is 5.97 Å². The molecule has 0 aliphatic rings. The largest absolute Gasteiger partial charge is 0.465 e. The average Bonchev–Trinajstić information content (AvgIpc) is 2.52. The van der Waals surface area contributed by atoms with Gasteiger partial charge in [0.2, 0.25) is 0 Å². The monoisotopic (exact) mass is 313 g/mol. The number of nitrogens with one attached hydrogen (secondary N) is 1. The lowest BCUT2D eigenvalue weighted by Gasteiger charge is -2.14. The van der Waals surface area contributed by atoms with Crippen molar-refractivity contribution >= 4 is 5.97 Å². The maximum Gasteiger partial charge on any atom is 0.323 e. The first-order valence-corrected chi connectivity index (χ1v) is 9.60. The number of likely N-dealkylation sites (N-methyl/N-ethyl adjacent to an activating group) is 1. The lowest BCUT2D eigenvalue weighted by atomic mass is 10.0. The van der Waals surface area contributed by atoms with E-state index >= 15 is 0 Å². The Morgan fingerprint density at radius 1 is 0.818 bits per heavy atom. The first kappa shape index (κ1) is 21.4. The topological polar surface area (TPSA) is 38.3 Å². The summed E-state index contributed by atoms with van der Waals surface area (Å²) in [6.45, 7) is 4.59. The highest BCUT2D eigenvalue weighted by atomic mass is 16.5. The molecule has 0 aliphatic heterocycles. The zero-order valence-electron chi connectivity index (χ0n) is 15.3. The molecule has 0 aromatic rings. The van der Waals surface area contributed by atoms with Gasteiger partial charge < -0.3 is 10.1 Å². The van der Waals surface area contributed by atoms with E-state index < -0.39 is 0 Å². The van der Waals surface area contributed by atoms with Crippen LogP contribution in [-0.2, 0) is 9.53 Å². The highest BCUT2D eigenvalue weighted by Gasteiger charge is 2.16. The Hall–Kier alpha value is -0.570. The maximum atomic E-state index is 11.6. The van der Waals surface area contributed by atoms with Gasteiger partial charge in [0.25, 0.3) is 0 Å². The summed E-state index contributed by atoms with van der Waals surface area (Å²) in [6.07, 6.45) is 17.1. The summed E-state index contributed by atoms with van der Waals surface area (Å²) < 4.78 is 5.05. The molecule has 0 radical (unpaired) electrons. The van der Waals surface area contributed by atoms with E-state index in [1.807, 2.05) is 14.0 Å². The van der Waals surface area contributed by atoms with E-state index in [0.717, 1.165) is 12.8 Å². The zero-order valence-corrected chi connectivity index (χ0v) is 15.3. The van der Waals surface area contributed by atoms with Gasteiger partial charge in [0.15, 0.2) is 0 Å². The molecule has 0 aromatic carbocycles. The van der Waals surface area contributed by atoms with Gasteiger partial charge in [-0.25, -0.2) is 0 Å². The van der Waals surface area contributed by atoms with Crippen LogP contribution in [-0.4, -0.2) is 25.7 Å². The van der Waals surface area contributed by atoms with Gasteiger partial charge in [-0.15, -0.1) is 0 Å². The number of unbranched alkanes of at least 4 members (excludes halogenated alkanes) is 11. The molecular formula is C19H39NO2. The molecule has 0 spiro atoms. The molecular weight excluding hydrogens is 274 g/mol. The second-order valence-corrected chi connectivity index (χ2v) is 6.27. The van der Waals surface area contributed by atoms with E-state index in [1.54, 1.807) is 0 Å². The third-order valence-electron chi connectivity index (χ3n) is 4.27. The van der Waals surface area contributed by atoms with Crippen molar-refractivity contribution in [1.82, 2.24) is 5.32 Å². The van der Waals surface area contributed by atoms with Crippen LogP contribution in [0.5, 0.6) is 0 Å². The highest BCUT2D eigenvalue weighted by Crippen LogP contribution is 2.13. The van der Waals surface area contributed by atoms with Crippen LogP contribution in [0.15, 0.2) is 0 Å². The number of rotatable bonds is 16. The number of hydrogen-bond donors (Lipinski definition) is 1. The first-order valence-electron chi connectivity index (χ1n) is 9.60. The Morgan fingerprint density at radius 2 is 1.27 bits per heavy atom. The number of ether oxygens (including phenoxy) is 1. The van der Waals surface area contributed by atoms with Crippen molar-refractivity contribution in [2.24, 2.45) is 0 Å². The smallest absolute Gasteiger partial charge is 0.323 e. The standard InChI is InChI=1S/C19H39NO2/c1-4-6-7-8-9-10-11-12-13-14-15-16-17-18(20-3)19(21)22-5-2/h18,20H,4-17H2,1-3H3. The van der Waals surface area contributed by atoms with E-state index in [1.165, 1.54) is 70.6 Å². The predicted molar refractivity (Wildman–Crippen MR) is 95.2 cm³/mol. The van der Waals surface area contributed by atoms with E-state index in [-0.39, 0.29) is 12.0 Å². The molecule has 22 heavy (non-hydrogen) atoms. The Morgan fingerprint density at radius 3 is 1.68 bits per heavy atom. The van der Waals surface area contributed by atoms with Gasteiger partial charge in [-0.05, 0) is 20.4 Å². The van der Waals surface area contributed by atoms with Gasteiger partial charge in [-0.2, -0.15) is 0 Å². The molecule has 0 amide bonds. The summed E-state index contributed by atoms with van der Waals surface area (Å²) in [4.78, 5) is 11.6. The van der Waals surface area contributed by atoms with Crippen LogP contribution in [0.25, 0.3) is 0 Å². The van der Waals surface area contributed by atoms with Crippen LogP contribution in [0.2, 0.25) is 0 Å². The van der Waals surface area contributed by atoms with Gasteiger partial charge in [-0.3, -0.25) is 4.79 Å². The van der Waals surface area contributed by atoms with Gasteiger partial charge in [0.05, 0.1) is 6.61 Å². The molecule has 3 heteroatoms. The minimum atomic E-state index is -0.122. The Bertz CT molecular complexity index is 244. The second kappa shape index (κ2) is 16.8. The normalized spacial score (nSPS) is 12.3. The molecule has 0 saturated carbocycles. The van der Waals surface area contributed by atoms with Crippen LogP contribution >= 0.6 is 0 Å². The molecule has 1 unspecified atom stereocenters. The Labute approximate surface area is 138 Å². The molecule has 1 atom stereocenters. The molecule has 0 rings (SSSR count). The van der Waals surface area contributed by atoms with Crippen LogP contribution in [0, 0.1) is 0 Å². The molecule has 0 fully saturated rings. The fourth-order valence-corrected chi connectivity index (χ4v) is 2.81. The molecule has 0 bridgehead atoms. The SMILES string of the molecule is CCCCCCCCCCCCCCC(NC)C(=O)OCC. The molecule has 0 saturated heterocycles. The summed E-state index contributed by atoms with van der Waals surface area (Å²) in [5.74, 6) is -0.104. The van der Waals surface area contributed by atoms with E-state index in [2.05, 4.69) is 12.2 Å². The fraction of sp³-hybridized carbons (Fsp3) is 0.947. The number of carbonyl (C=O) groups excluding carboxylic acids is 1. The van der Waals surface area contributed by atoms with Crippen LogP contribution in [0.4, 0.5) is 0 Å².